The summed E-state index contributed by atoms with van der Waals surface area (Å²) in [5.74, 6) is 0.679. The van der Waals surface area contributed by atoms with E-state index >= 15 is 0 Å². The summed E-state index contributed by atoms with van der Waals surface area (Å²) in [6.07, 6.45) is 0.605. The minimum Gasteiger partial charge on any atom is -0.488 e. The SMILES string of the molecule is CC1=C(C)Cc2c(c3ccccc3oc2=O)OC1. The maximum atomic E-state index is 12.0. The minimum atomic E-state index is -0.294. The number of para-hydroxylation sites is 1. The van der Waals surface area contributed by atoms with E-state index in [1.54, 1.807) is 6.07 Å². The van der Waals surface area contributed by atoms with Gasteiger partial charge < -0.3 is 9.15 Å². The van der Waals surface area contributed by atoms with Gasteiger partial charge in [-0.2, -0.15) is 0 Å². The van der Waals surface area contributed by atoms with Crippen molar-refractivity contribution in [2.24, 2.45) is 0 Å². The average molecular weight is 242 g/mol. The van der Waals surface area contributed by atoms with Gasteiger partial charge in [-0.3, -0.25) is 0 Å². The number of hydrogen-bond donors (Lipinski definition) is 0. The summed E-state index contributed by atoms with van der Waals surface area (Å²) in [7, 11) is 0. The van der Waals surface area contributed by atoms with Crippen LogP contribution < -0.4 is 10.4 Å². The third-order valence-corrected chi connectivity index (χ3v) is 3.46. The van der Waals surface area contributed by atoms with Gasteiger partial charge in [-0.25, -0.2) is 4.79 Å². The number of allylic oxidation sites excluding steroid dienone is 1. The van der Waals surface area contributed by atoms with E-state index in [1.807, 2.05) is 32.0 Å². The predicted molar refractivity (Wildman–Crippen MR) is 70.1 cm³/mol. The summed E-state index contributed by atoms with van der Waals surface area (Å²) in [5.41, 5.74) is 3.27. The fourth-order valence-corrected chi connectivity index (χ4v) is 2.20. The Morgan fingerprint density at radius 3 is 2.72 bits per heavy atom. The zero-order valence-corrected chi connectivity index (χ0v) is 10.4. The lowest BCUT2D eigenvalue weighted by molar-refractivity contribution is 0.352. The van der Waals surface area contributed by atoms with Crippen molar-refractivity contribution in [3.8, 4) is 5.75 Å². The maximum absolute atomic E-state index is 12.0. The van der Waals surface area contributed by atoms with Crippen LogP contribution in [0.3, 0.4) is 0 Å². The zero-order chi connectivity index (χ0) is 12.7. The molecular formula is C15H14O3. The lowest BCUT2D eigenvalue weighted by Crippen LogP contribution is -2.09. The lowest BCUT2D eigenvalue weighted by Gasteiger charge is -2.09. The quantitative estimate of drug-likeness (QED) is 0.526. The highest BCUT2D eigenvalue weighted by Gasteiger charge is 2.19. The van der Waals surface area contributed by atoms with Crippen molar-refractivity contribution in [2.75, 3.05) is 6.61 Å². The molecule has 0 amide bonds. The Morgan fingerprint density at radius 2 is 1.89 bits per heavy atom. The normalized spacial score (nSPS) is 15.2. The van der Waals surface area contributed by atoms with E-state index in [-0.39, 0.29) is 5.63 Å². The second-order valence-corrected chi connectivity index (χ2v) is 4.72. The first-order chi connectivity index (χ1) is 8.66. The van der Waals surface area contributed by atoms with E-state index in [2.05, 4.69) is 0 Å². The standard InChI is InChI=1S/C15H14O3/c1-9-7-12-14(17-8-10(9)2)11-5-3-4-6-13(11)18-15(12)16/h3-6H,7-8H2,1-2H3. The van der Waals surface area contributed by atoms with Crippen molar-refractivity contribution < 1.29 is 9.15 Å². The Kier molecular flexibility index (Phi) is 2.47. The summed E-state index contributed by atoms with van der Waals surface area (Å²) < 4.78 is 11.1. The van der Waals surface area contributed by atoms with E-state index in [1.165, 1.54) is 11.1 Å². The highest BCUT2D eigenvalue weighted by atomic mass is 16.5. The molecule has 3 heteroatoms. The van der Waals surface area contributed by atoms with E-state index in [9.17, 15) is 4.79 Å². The van der Waals surface area contributed by atoms with Gasteiger partial charge in [0.05, 0.1) is 10.9 Å². The first kappa shape index (κ1) is 11.1. The molecule has 0 atom stereocenters. The monoisotopic (exact) mass is 242 g/mol. The smallest absolute Gasteiger partial charge is 0.343 e. The topological polar surface area (TPSA) is 39.4 Å². The number of hydrogen-bond acceptors (Lipinski definition) is 3. The van der Waals surface area contributed by atoms with E-state index < -0.39 is 0 Å². The molecule has 0 fully saturated rings. The van der Waals surface area contributed by atoms with Crippen molar-refractivity contribution in [1.82, 2.24) is 0 Å². The van der Waals surface area contributed by atoms with Gasteiger partial charge in [0.2, 0.25) is 0 Å². The first-order valence-corrected chi connectivity index (χ1v) is 5.99. The molecule has 0 saturated heterocycles. The summed E-state index contributed by atoms with van der Waals surface area (Å²) in [6.45, 7) is 4.60. The molecule has 92 valence electrons. The van der Waals surface area contributed by atoms with Gasteiger partial charge in [0.15, 0.2) is 0 Å². The molecule has 3 nitrogen and oxygen atoms in total. The van der Waals surface area contributed by atoms with Crippen molar-refractivity contribution >= 4 is 11.0 Å². The second-order valence-electron chi connectivity index (χ2n) is 4.72. The summed E-state index contributed by atoms with van der Waals surface area (Å²) in [5, 5.41) is 0.870. The number of rotatable bonds is 0. The Balaban J connectivity index is 2.32. The highest BCUT2D eigenvalue weighted by Crippen LogP contribution is 2.31. The highest BCUT2D eigenvalue weighted by molar-refractivity contribution is 5.84. The fourth-order valence-electron chi connectivity index (χ4n) is 2.20. The fraction of sp³-hybridized carbons (Fsp3) is 0.267. The number of ether oxygens (including phenoxy) is 1. The van der Waals surface area contributed by atoms with Gasteiger partial charge in [0.1, 0.15) is 17.9 Å². The maximum Gasteiger partial charge on any atom is 0.343 e. The largest absolute Gasteiger partial charge is 0.488 e. The zero-order valence-electron chi connectivity index (χ0n) is 10.4. The van der Waals surface area contributed by atoms with Gasteiger partial charge in [0, 0.05) is 6.42 Å². The lowest BCUT2D eigenvalue weighted by atomic mass is 10.0. The Hall–Kier alpha value is -2.03. The van der Waals surface area contributed by atoms with Gasteiger partial charge in [-0.15, -0.1) is 0 Å². The molecule has 1 aromatic carbocycles. The van der Waals surface area contributed by atoms with Crippen LogP contribution in [-0.2, 0) is 6.42 Å². The molecule has 0 saturated carbocycles. The van der Waals surface area contributed by atoms with Gasteiger partial charge in [-0.05, 0) is 31.6 Å². The van der Waals surface area contributed by atoms with Crippen LogP contribution in [0.2, 0.25) is 0 Å². The van der Waals surface area contributed by atoms with Gasteiger partial charge in [-0.1, -0.05) is 17.7 Å². The molecular weight excluding hydrogens is 228 g/mol. The van der Waals surface area contributed by atoms with Crippen molar-refractivity contribution in [1.29, 1.82) is 0 Å². The molecule has 0 N–H and O–H groups in total. The van der Waals surface area contributed by atoms with Crippen molar-refractivity contribution in [3.63, 3.8) is 0 Å². The number of benzene rings is 1. The molecule has 18 heavy (non-hydrogen) atoms. The molecule has 2 aromatic rings. The van der Waals surface area contributed by atoms with Crippen LogP contribution in [-0.4, -0.2) is 6.61 Å². The third kappa shape index (κ3) is 1.63. The van der Waals surface area contributed by atoms with Crippen LogP contribution in [0.5, 0.6) is 5.75 Å². The Morgan fingerprint density at radius 1 is 1.11 bits per heavy atom. The van der Waals surface area contributed by atoms with Crippen LogP contribution in [0.25, 0.3) is 11.0 Å². The minimum absolute atomic E-state index is 0.294. The summed E-state index contributed by atoms with van der Waals surface area (Å²) >= 11 is 0. The molecule has 2 heterocycles. The Labute approximate surface area is 105 Å². The molecule has 0 bridgehead atoms. The molecule has 0 aliphatic carbocycles. The van der Waals surface area contributed by atoms with Crippen LogP contribution in [0.1, 0.15) is 19.4 Å². The Bertz CT molecular complexity index is 707. The van der Waals surface area contributed by atoms with Crippen LogP contribution in [0.4, 0.5) is 0 Å². The third-order valence-electron chi connectivity index (χ3n) is 3.46. The van der Waals surface area contributed by atoms with E-state index in [0.717, 1.165) is 5.39 Å². The molecule has 0 spiro atoms. The van der Waals surface area contributed by atoms with Crippen molar-refractivity contribution in [3.05, 3.63) is 51.4 Å². The first-order valence-electron chi connectivity index (χ1n) is 5.99. The average Bonchev–Trinajstić information content (AvgIpc) is 2.51. The van der Waals surface area contributed by atoms with Crippen molar-refractivity contribution in [2.45, 2.75) is 20.3 Å². The van der Waals surface area contributed by atoms with Gasteiger partial charge in [0.25, 0.3) is 0 Å². The molecule has 3 rings (SSSR count). The van der Waals surface area contributed by atoms with E-state index in [0.29, 0.717) is 29.9 Å². The van der Waals surface area contributed by atoms with Crippen LogP contribution in [0, 0.1) is 0 Å². The van der Waals surface area contributed by atoms with E-state index in [4.69, 9.17) is 9.15 Å². The molecule has 1 aromatic heterocycles. The predicted octanol–water partition coefficient (Wildman–Crippen LogP) is 3.06. The summed E-state index contributed by atoms with van der Waals surface area (Å²) in [6, 6.07) is 7.48. The molecule has 0 radical (unpaired) electrons. The molecule has 1 aliphatic rings. The summed E-state index contributed by atoms with van der Waals surface area (Å²) in [4.78, 5) is 12.0. The molecule has 0 unspecified atom stereocenters. The second kappa shape index (κ2) is 4.02. The van der Waals surface area contributed by atoms with Crippen LogP contribution >= 0.6 is 0 Å². The van der Waals surface area contributed by atoms with Gasteiger partial charge >= 0.3 is 5.63 Å². The van der Waals surface area contributed by atoms with Crippen LogP contribution in [0.15, 0.2) is 44.6 Å². The molecule has 1 aliphatic heterocycles. The number of fused-ring (bicyclic) bond motifs is 3.